The van der Waals surface area contributed by atoms with E-state index in [1.54, 1.807) is 0 Å². The lowest BCUT2D eigenvalue weighted by atomic mass is 9.95. The van der Waals surface area contributed by atoms with Crippen molar-refractivity contribution >= 4 is 152 Å². The molecule has 0 aliphatic heterocycles. The summed E-state index contributed by atoms with van der Waals surface area (Å²) in [5.74, 6) is 0. The summed E-state index contributed by atoms with van der Waals surface area (Å²) in [5.41, 5.74) is 31.4. The fourth-order valence-electron chi connectivity index (χ4n) is 18.8. The van der Waals surface area contributed by atoms with Crippen LogP contribution in [-0.2, 0) is 0 Å². The summed E-state index contributed by atoms with van der Waals surface area (Å²) in [6.07, 6.45) is 7.54. The number of pyridine rings is 11. The molecule has 16 aromatic carbocycles. The average molecular weight is 1710 g/mol. The number of hydrogen-bond donors (Lipinski definition) is 0. The van der Waals surface area contributed by atoms with Crippen molar-refractivity contribution in [2.45, 2.75) is 0 Å². The Balaban J connectivity index is 0.000000108. The van der Waals surface area contributed by atoms with Crippen molar-refractivity contribution in [3.05, 3.63) is 455 Å². The highest BCUT2D eigenvalue weighted by Gasteiger charge is 2.18. The molecule has 27 rings (SSSR count). The molecule has 0 saturated heterocycles. The molecule has 0 radical (unpaired) electrons. The first-order valence-electron chi connectivity index (χ1n) is 44.9. The number of nitrogens with zero attached hydrogens (tertiary/aromatic N) is 11. The molecule has 0 unspecified atom stereocenters. The molecule has 11 heterocycles. The standard InChI is InChI=1S/C45H27N5.C41H25N3.C37H23N3/c1-2-9-38-33(5-1)25-37(27-47-38)42-18-14-28-10-13-32(26-43(28)49-42)31-16-20-40-36(23-31)17-21-39(48-40)34-6-3-7-35(24-34)41-19-15-30-12-11-29-8-4-22-46-44(29)45(30)50-41;1-3-9-33-29(7-1)23-36(35-11-5-4-10-34(33)35)40-20-17-31-21-27(16-19-38(31)43-40)28-14-13-26-15-18-39(44-41(26)24-28)32-22-30-8-2-6-12-37(30)42-25-32;1-3-9-31-24(6-1)8-5-10-32(31)36-19-16-29-20-26(15-18-34(29)39-36)27-13-12-25-14-17-35(40-37(25)22-27)30-21-28-7-2-4-11-33(28)38-23-30/h1-27H;1-25H;1-23H. The van der Waals surface area contributed by atoms with Crippen molar-refractivity contribution in [1.29, 1.82) is 0 Å². The second kappa shape index (κ2) is 33.1. The number of hydrogen-bond acceptors (Lipinski definition) is 11. The van der Waals surface area contributed by atoms with Crippen LogP contribution >= 0.6 is 0 Å². The van der Waals surface area contributed by atoms with Gasteiger partial charge < -0.3 is 0 Å². The summed E-state index contributed by atoms with van der Waals surface area (Å²) in [4.78, 5) is 53.9. The van der Waals surface area contributed by atoms with Crippen LogP contribution in [0.2, 0.25) is 0 Å². The molecular formula is C123H75N11. The maximum Gasteiger partial charge on any atom is 0.0972 e. The summed E-state index contributed by atoms with van der Waals surface area (Å²) < 4.78 is 0. The fourth-order valence-corrected chi connectivity index (χ4v) is 18.8. The predicted molar refractivity (Wildman–Crippen MR) is 555 cm³/mol. The van der Waals surface area contributed by atoms with E-state index in [2.05, 4.69) is 390 Å². The first-order valence-corrected chi connectivity index (χ1v) is 44.9. The summed E-state index contributed by atoms with van der Waals surface area (Å²) in [6, 6.07) is 151. The van der Waals surface area contributed by atoms with E-state index < -0.39 is 0 Å². The van der Waals surface area contributed by atoms with Gasteiger partial charge in [0.05, 0.1) is 101 Å². The fraction of sp³-hybridized carbons (Fsp3) is 0. The van der Waals surface area contributed by atoms with Crippen LogP contribution in [0.1, 0.15) is 0 Å². The molecule has 0 amide bonds. The van der Waals surface area contributed by atoms with Gasteiger partial charge in [0.25, 0.3) is 0 Å². The molecule has 0 saturated carbocycles. The highest BCUT2D eigenvalue weighted by atomic mass is 14.8. The Morgan fingerprint density at radius 3 is 0.955 bits per heavy atom. The lowest BCUT2D eigenvalue weighted by Gasteiger charge is -2.12. The number of benzene rings is 16. The van der Waals surface area contributed by atoms with Crippen LogP contribution in [0, 0.1) is 0 Å². The molecule has 0 aliphatic rings. The predicted octanol–water partition coefficient (Wildman–Crippen LogP) is 31.2. The summed E-state index contributed by atoms with van der Waals surface area (Å²) in [7, 11) is 0. The first kappa shape index (κ1) is 78.1. The Bertz CT molecular complexity index is 9460. The summed E-state index contributed by atoms with van der Waals surface area (Å²) in [6.45, 7) is 0. The highest BCUT2D eigenvalue weighted by molar-refractivity contribution is 6.14. The minimum atomic E-state index is 0.911. The van der Waals surface area contributed by atoms with Gasteiger partial charge in [0.2, 0.25) is 0 Å². The topological polar surface area (TPSA) is 142 Å². The number of fused-ring (bicyclic) bond motifs is 16. The van der Waals surface area contributed by atoms with Crippen molar-refractivity contribution in [2.24, 2.45) is 0 Å². The zero-order valence-electron chi connectivity index (χ0n) is 72.2. The molecule has 622 valence electrons. The maximum atomic E-state index is 5.14. The van der Waals surface area contributed by atoms with Gasteiger partial charge in [-0.15, -0.1) is 0 Å². The van der Waals surface area contributed by atoms with Gasteiger partial charge in [-0.2, -0.15) is 0 Å². The van der Waals surface area contributed by atoms with Crippen LogP contribution in [0.15, 0.2) is 455 Å². The molecule has 27 aromatic rings. The van der Waals surface area contributed by atoms with Crippen molar-refractivity contribution in [1.82, 2.24) is 54.8 Å². The van der Waals surface area contributed by atoms with Crippen LogP contribution in [0.5, 0.6) is 0 Å². The SMILES string of the molecule is c1cc(-c2ccc3cc(-c4ccc5ccc(-c6cnc7ccccc7c6)nc5c4)ccc3n2)cc(-c2ccc3ccc4cccnc4c3n2)c1.c1ccc2ncc(-c3ccc4ccc(-c5ccc6nc(-c7cc8ccccc8c8ccccc78)ccc6c5)cc4n3)cc2c1.c1ccc2ncc(-c3ccc4ccc(-c5ccc6nc(-c7cccc8ccccc78)ccc6c5)cc4n3)cc2c1. The third-order valence-electron chi connectivity index (χ3n) is 25.8. The minimum absolute atomic E-state index is 0.911. The Kier molecular flexibility index (Phi) is 19.3. The van der Waals surface area contributed by atoms with Crippen LogP contribution in [0.3, 0.4) is 0 Å². The molecule has 0 bridgehead atoms. The van der Waals surface area contributed by atoms with Gasteiger partial charge >= 0.3 is 0 Å². The number of para-hydroxylation sites is 3. The normalized spacial score (nSPS) is 11.6. The van der Waals surface area contributed by atoms with Gasteiger partial charge in [0, 0.05) is 123 Å². The van der Waals surface area contributed by atoms with Gasteiger partial charge in [-0.25, -0.2) is 34.9 Å². The van der Waals surface area contributed by atoms with Crippen molar-refractivity contribution in [3.63, 3.8) is 0 Å². The van der Waals surface area contributed by atoms with E-state index >= 15 is 0 Å². The molecule has 0 atom stereocenters. The lowest BCUT2D eigenvalue weighted by Crippen LogP contribution is -1.90. The van der Waals surface area contributed by atoms with E-state index in [0.717, 1.165) is 232 Å². The monoisotopic (exact) mass is 1710 g/mol. The zero-order valence-corrected chi connectivity index (χ0v) is 72.2. The van der Waals surface area contributed by atoms with Crippen LogP contribution in [0.4, 0.5) is 0 Å². The van der Waals surface area contributed by atoms with Crippen LogP contribution in [0.25, 0.3) is 264 Å². The molecular weight excluding hydrogens is 1630 g/mol. The second-order valence-corrected chi connectivity index (χ2v) is 34.1. The van der Waals surface area contributed by atoms with Crippen LogP contribution in [-0.4, -0.2) is 54.8 Å². The minimum Gasteiger partial charge on any atom is -0.256 e. The Hall–Kier alpha value is -18.2. The van der Waals surface area contributed by atoms with E-state index in [-0.39, 0.29) is 0 Å². The van der Waals surface area contributed by atoms with Gasteiger partial charge in [-0.3, -0.25) is 19.9 Å². The van der Waals surface area contributed by atoms with E-state index in [9.17, 15) is 0 Å². The largest absolute Gasteiger partial charge is 0.256 e. The van der Waals surface area contributed by atoms with E-state index in [1.165, 1.54) is 32.3 Å². The molecule has 134 heavy (non-hydrogen) atoms. The first-order chi connectivity index (χ1) is 66.3. The van der Waals surface area contributed by atoms with E-state index in [4.69, 9.17) is 34.9 Å². The second-order valence-electron chi connectivity index (χ2n) is 34.1. The zero-order chi connectivity index (χ0) is 88.5. The molecule has 0 spiro atoms. The average Bonchev–Trinajstić information content (AvgIpc) is 0.756. The molecule has 0 N–H and O–H groups in total. The molecule has 0 fully saturated rings. The Morgan fingerprint density at radius 2 is 0.448 bits per heavy atom. The van der Waals surface area contributed by atoms with E-state index in [1.807, 2.05) is 85.5 Å². The quantitative estimate of drug-likeness (QED) is 0.121. The maximum absolute atomic E-state index is 5.14. The van der Waals surface area contributed by atoms with Crippen molar-refractivity contribution in [3.8, 4) is 112 Å². The summed E-state index contributed by atoms with van der Waals surface area (Å²) >= 11 is 0. The van der Waals surface area contributed by atoms with Gasteiger partial charge in [0.1, 0.15) is 0 Å². The molecule has 11 nitrogen and oxygen atoms in total. The number of rotatable bonds is 10. The third kappa shape index (κ3) is 14.9. The molecule has 11 aromatic heterocycles. The Labute approximate surface area is 769 Å². The van der Waals surface area contributed by atoms with E-state index in [0.29, 0.717) is 0 Å². The summed E-state index contributed by atoms with van der Waals surface area (Å²) in [5, 5.41) is 19.5. The van der Waals surface area contributed by atoms with Crippen LogP contribution < -0.4 is 0 Å². The van der Waals surface area contributed by atoms with Gasteiger partial charge in [0.15, 0.2) is 0 Å². The molecule has 11 heteroatoms. The lowest BCUT2D eigenvalue weighted by molar-refractivity contribution is 1.35. The highest BCUT2D eigenvalue weighted by Crippen LogP contribution is 2.41. The third-order valence-corrected chi connectivity index (χ3v) is 25.8. The van der Waals surface area contributed by atoms with Gasteiger partial charge in [-0.1, -0.05) is 279 Å². The van der Waals surface area contributed by atoms with Crippen molar-refractivity contribution < 1.29 is 0 Å². The number of aromatic nitrogens is 11. The smallest absolute Gasteiger partial charge is 0.0972 e. The van der Waals surface area contributed by atoms with Crippen molar-refractivity contribution in [2.75, 3.05) is 0 Å². The Morgan fingerprint density at radius 1 is 0.127 bits per heavy atom. The molecule has 0 aliphatic carbocycles. The van der Waals surface area contributed by atoms with Gasteiger partial charge in [-0.05, 0) is 217 Å².